The van der Waals surface area contributed by atoms with E-state index in [0.717, 1.165) is 46.2 Å². The predicted octanol–water partition coefficient (Wildman–Crippen LogP) is 5.71. The standard InChI is InChI=1S/C29H38N6O3/c1-6-19(12-14-32-28(36)38-29(3,4)5)17-35-24(18-37-7-2)34-25-26(35)22-11-10-20(15-23(22)33-27(25)30)21-9-8-13-31-16-21/h8-11,13,15-16,19H,6-7,12,14,17-18H2,1-5H3,(H2,30,33)(H,32,36). The van der Waals surface area contributed by atoms with E-state index in [4.69, 9.17) is 25.2 Å². The first-order chi connectivity index (χ1) is 18.2. The highest BCUT2D eigenvalue weighted by Crippen LogP contribution is 2.33. The lowest BCUT2D eigenvalue weighted by atomic mass is 10.0. The summed E-state index contributed by atoms with van der Waals surface area (Å²) in [5, 5.41) is 3.87. The van der Waals surface area contributed by atoms with Gasteiger partial charge in [0.2, 0.25) is 0 Å². The van der Waals surface area contributed by atoms with Gasteiger partial charge < -0.3 is 25.1 Å². The van der Waals surface area contributed by atoms with Crippen LogP contribution in [0.4, 0.5) is 10.6 Å². The molecule has 4 rings (SSSR count). The van der Waals surface area contributed by atoms with Crippen LogP contribution in [0.25, 0.3) is 33.1 Å². The first kappa shape index (κ1) is 27.3. The molecule has 202 valence electrons. The number of alkyl carbamates (subject to hydrolysis) is 1. The lowest BCUT2D eigenvalue weighted by Crippen LogP contribution is -2.33. The zero-order chi connectivity index (χ0) is 27.3. The SMILES string of the molecule is CCOCc1nc2c(N)nc3cc(-c4cccnc4)ccc3c2n1CC(CC)CCNC(=O)OC(C)(C)C. The molecule has 38 heavy (non-hydrogen) atoms. The second-order valence-corrected chi connectivity index (χ2v) is 10.4. The number of ether oxygens (including phenoxy) is 2. The Kier molecular flexibility index (Phi) is 8.46. The van der Waals surface area contributed by atoms with Gasteiger partial charge in [-0.1, -0.05) is 31.5 Å². The molecule has 0 aliphatic heterocycles. The van der Waals surface area contributed by atoms with Crippen LogP contribution in [0.15, 0.2) is 42.7 Å². The van der Waals surface area contributed by atoms with Gasteiger partial charge in [-0.2, -0.15) is 0 Å². The maximum absolute atomic E-state index is 12.1. The van der Waals surface area contributed by atoms with Gasteiger partial charge in [0, 0.05) is 43.0 Å². The first-order valence-electron chi connectivity index (χ1n) is 13.2. The number of rotatable bonds is 10. The van der Waals surface area contributed by atoms with Gasteiger partial charge in [0.25, 0.3) is 0 Å². The van der Waals surface area contributed by atoms with E-state index >= 15 is 0 Å². The zero-order valence-electron chi connectivity index (χ0n) is 23.0. The minimum atomic E-state index is -0.524. The summed E-state index contributed by atoms with van der Waals surface area (Å²) in [7, 11) is 0. The highest BCUT2D eigenvalue weighted by atomic mass is 16.6. The van der Waals surface area contributed by atoms with Crippen LogP contribution in [0, 0.1) is 5.92 Å². The van der Waals surface area contributed by atoms with Gasteiger partial charge in [-0.05, 0) is 57.7 Å². The number of anilines is 1. The molecule has 0 saturated carbocycles. The van der Waals surface area contributed by atoms with Crippen molar-refractivity contribution in [2.45, 2.75) is 66.2 Å². The molecule has 3 N–H and O–H groups in total. The third-order valence-corrected chi connectivity index (χ3v) is 6.45. The zero-order valence-corrected chi connectivity index (χ0v) is 23.0. The highest BCUT2D eigenvalue weighted by molar-refractivity contribution is 6.07. The van der Waals surface area contributed by atoms with E-state index in [1.807, 2.05) is 52.1 Å². The molecule has 0 aliphatic carbocycles. The Bertz CT molecular complexity index is 1390. The first-order valence-corrected chi connectivity index (χ1v) is 13.2. The predicted molar refractivity (Wildman–Crippen MR) is 151 cm³/mol. The number of hydrogen-bond acceptors (Lipinski definition) is 7. The maximum Gasteiger partial charge on any atom is 0.407 e. The fourth-order valence-electron chi connectivity index (χ4n) is 4.55. The van der Waals surface area contributed by atoms with Gasteiger partial charge in [-0.3, -0.25) is 4.98 Å². The summed E-state index contributed by atoms with van der Waals surface area (Å²) in [6, 6.07) is 10.2. The molecule has 3 aromatic heterocycles. The number of aromatic nitrogens is 4. The normalized spacial score (nSPS) is 12.7. The lowest BCUT2D eigenvalue weighted by molar-refractivity contribution is 0.0524. The van der Waals surface area contributed by atoms with Crippen LogP contribution in [0.2, 0.25) is 0 Å². The van der Waals surface area contributed by atoms with Crippen molar-refractivity contribution in [1.29, 1.82) is 0 Å². The van der Waals surface area contributed by atoms with Crippen molar-refractivity contribution >= 4 is 33.8 Å². The van der Waals surface area contributed by atoms with Crippen molar-refractivity contribution in [3.05, 3.63) is 48.5 Å². The van der Waals surface area contributed by atoms with Crippen LogP contribution < -0.4 is 11.1 Å². The second kappa shape index (κ2) is 11.8. The molecule has 1 amide bonds. The third-order valence-electron chi connectivity index (χ3n) is 6.45. The molecular weight excluding hydrogens is 480 g/mol. The summed E-state index contributed by atoms with van der Waals surface area (Å²) < 4.78 is 13.4. The van der Waals surface area contributed by atoms with Gasteiger partial charge in [0.15, 0.2) is 5.82 Å². The summed E-state index contributed by atoms with van der Waals surface area (Å²) in [5.41, 5.74) is 10.4. The van der Waals surface area contributed by atoms with Crippen molar-refractivity contribution in [2.24, 2.45) is 5.92 Å². The van der Waals surface area contributed by atoms with Crippen molar-refractivity contribution in [2.75, 3.05) is 18.9 Å². The van der Waals surface area contributed by atoms with Crippen LogP contribution in [-0.4, -0.2) is 44.4 Å². The van der Waals surface area contributed by atoms with E-state index in [9.17, 15) is 4.79 Å². The number of amides is 1. The number of benzene rings is 1. The molecule has 9 heteroatoms. The molecule has 0 spiro atoms. The Morgan fingerprint density at radius 1 is 1.16 bits per heavy atom. The number of pyridine rings is 2. The summed E-state index contributed by atoms with van der Waals surface area (Å²) in [6.07, 6.45) is 4.94. The molecule has 9 nitrogen and oxygen atoms in total. The molecule has 1 atom stereocenters. The van der Waals surface area contributed by atoms with E-state index in [-0.39, 0.29) is 0 Å². The molecule has 0 saturated heterocycles. The number of imidazole rings is 1. The summed E-state index contributed by atoms with van der Waals surface area (Å²) >= 11 is 0. The van der Waals surface area contributed by atoms with Gasteiger partial charge >= 0.3 is 6.09 Å². The fraction of sp³-hybridized carbons (Fsp3) is 0.448. The van der Waals surface area contributed by atoms with Crippen LogP contribution in [0.5, 0.6) is 0 Å². The van der Waals surface area contributed by atoms with Gasteiger partial charge in [-0.25, -0.2) is 14.8 Å². The minimum Gasteiger partial charge on any atom is -0.444 e. The monoisotopic (exact) mass is 518 g/mol. The Balaban J connectivity index is 1.68. The Hall–Kier alpha value is -3.72. The summed E-state index contributed by atoms with van der Waals surface area (Å²) in [6.45, 7) is 11.9. The number of carbonyl (C=O) groups is 1. The molecule has 3 heterocycles. The van der Waals surface area contributed by atoms with E-state index in [2.05, 4.69) is 33.9 Å². The average Bonchev–Trinajstić information content (AvgIpc) is 3.24. The summed E-state index contributed by atoms with van der Waals surface area (Å²) in [5.74, 6) is 1.51. The van der Waals surface area contributed by atoms with Crippen LogP contribution in [0.1, 0.15) is 53.3 Å². The third kappa shape index (κ3) is 6.39. The minimum absolute atomic E-state index is 0.293. The largest absolute Gasteiger partial charge is 0.444 e. The molecule has 1 unspecified atom stereocenters. The molecular formula is C29H38N6O3. The number of nitrogens with one attached hydrogen (secondary N) is 1. The maximum atomic E-state index is 12.1. The number of nitrogens with zero attached hydrogens (tertiary/aromatic N) is 4. The lowest BCUT2D eigenvalue weighted by Gasteiger charge is -2.21. The van der Waals surface area contributed by atoms with Crippen molar-refractivity contribution in [3.63, 3.8) is 0 Å². The van der Waals surface area contributed by atoms with E-state index in [1.165, 1.54) is 0 Å². The van der Waals surface area contributed by atoms with Crippen molar-refractivity contribution < 1.29 is 14.3 Å². The molecule has 4 aromatic rings. The molecule has 1 aromatic carbocycles. The second-order valence-electron chi connectivity index (χ2n) is 10.4. The average molecular weight is 519 g/mol. The Labute approximate surface area is 223 Å². The van der Waals surface area contributed by atoms with Crippen molar-refractivity contribution in [3.8, 4) is 11.1 Å². The quantitative estimate of drug-likeness (QED) is 0.276. The Morgan fingerprint density at radius 3 is 2.66 bits per heavy atom. The van der Waals surface area contributed by atoms with E-state index < -0.39 is 11.7 Å². The fourth-order valence-corrected chi connectivity index (χ4v) is 4.55. The summed E-state index contributed by atoms with van der Waals surface area (Å²) in [4.78, 5) is 25.9. The number of nitrogen functional groups attached to an aromatic ring is 1. The van der Waals surface area contributed by atoms with E-state index in [0.29, 0.717) is 43.6 Å². The van der Waals surface area contributed by atoms with Gasteiger partial charge in [0.1, 0.15) is 23.5 Å². The van der Waals surface area contributed by atoms with Crippen LogP contribution in [0.3, 0.4) is 0 Å². The topological polar surface area (TPSA) is 117 Å². The van der Waals surface area contributed by atoms with E-state index in [1.54, 1.807) is 6.20 Å². The molecule has 0 aliphatic rings. The van der Waals surface area contributed by atoms with Crippen LogP contribution >= 0.6 is 0 Å². The smallest absolute Gasteiger partial charge is 0.407 e. The van der Waals surface area contributed by atoms with Gasteiger partial charge in [-0.15, -0.1) is 0 Å². The number of nitrogens with two attached hydrogens (primary N) is 1. The van der Waals surface area contributed by atoms with Crippen molar-refractivity contribution in [1.82, 2.24) is 24.8 Å². The molecule has 0 radical (unpaired) electrons. The van der Waals surface area contributed by atoms with Crippen LogP contribution in [-0.2, 0) is 22.6 Å². The number of carbonyl (C=O) groups excluding carboxylic acids is 1. The number of fused-ring (bicyclic) bond motifs is 3. The van der Waals surface area contributed by atoms with Gasteiger partial charge in [0.05, 0.1) is 11.0 Å². The highest BCUT2D eigenvalue weighted by Gasteiger charge is 2.21. The number of hydrogen-bond donors (Lipinski definition) is 2. The molecule has 0 bridgehead atoms. The molecule has 0 fully saturated rings. The Morgan fingerprint density at radius 2 is 1.97 bits per heavy atom.